The zero-order chi connectivity index (χ0) is 40.6. The molecule has 288 valence electrons. The third-order valence-electron chi connectivity index (χ3n) is 14.3. The van der Waals surface area contributed by atoms with Crippen molar-refractivity contribution in [2.45, 2.75) is 15.2 Å². The number of anilines is 3. The molecule has 4 heterocycles. The third kappa shape index (κ3) is 4.29. The molecule has 0 bridgehead atoms. The first kappa shape index (κ1) is 34.5. The van der Waals surface area contributed by atoms with E-state index in [0.29, 0.717) is 0 Å². The van der Waals surface area contributed by atoms with Crippen molar-refractivity contribution >= 4 is 68.4 Å². The number of fused-ring (bicyclic) bond motifs is 20. The normalized spacial score (nSPS) is 14.9. The van der Waals surface area contributed by atoms with E-state index in [1.54, 1.807) is 0 Å². The first-order valence-corrected chi connectivity index (χ1v) is 24.4. The van der Waals surface area contributed by atoms with Crippen molar-refractivity contribution in [1.82, 2.24) is 0 Å². The van der Waals surface area contributed by atoms with E-state index in [9.17, 15) is 0 Å². The highest BCUT2D eigenvalue weighted by molar-refractivity contribution is 7.99. The summed E-state index contributed by atoms with van der Waals surface area (Å²) in [6, 6.07) is 85.5. The van der Waals surface area contributed by atoms with Crippen LogP contribution in [0.5, 0.6) is 0 Å². The summed E-state index contributed by atoms with van der Waals surface area (Å²) in [5.74, 6) is 0. The lowest BCUT2D eigenvalue weighted by atomic mass is 9.62. The van der Waals surface area contributed by atoms with Crippen LogP contribution in [0.15, 0.2) is 234 Å². The van der Waals surface area contributed by atoms with Gasteiger partial charge in [0.1, 0.15) is 0 Å². The summed E-state index contributed by atoms with van der Waals surface area (Å²) in [5.41, 5.74) is 16.3. The molecule has 0 aromatic heterocycles. The molecule has 2 spiro atoms. The Morgan fingerprint density at radius 1 is 0.371 bits per heavy atom. The highest BCUT2D eigenvalue weighted by atomic mass is 32.2. The fourth-order valence-corrected chi connectivity index (χ4v) is 18.8. The van der Waals surface area contributed by atoms with Crippen molar-refractivity contribution in [3.8, 4) is 33.4 Å². The second-order valence-electron chi connectivity index (χ2n) is 17.1. The molecule has 0 N–H and O–H groups in total. The van der Waals surface area contributed by atoms with E-state index in [4.69, 9.17) is 0 Å². The zero-order valence-electron chi connectivity index (χ0n) is 33.7. The first-order valence-electron chi connectivity index (χ1n) is 21.6. The van der Waals surface area contributed by atoms with Gasteiger partial charge in [-0.25, -0.2) is 0 Å². The summed E-state index contributed by atoms with van der Waals surface area (Å²) in [6.45, 7) is 0. The lowest BCUT2D eigenvalue weighted by molar-refractivity contribution is 0.692. The van der Waals surface area contributed by atoms with Gasteiger partial charge in [0.05, 0.1) is 16.8 Å². The number of hydrogen-bond donors (Lipinski definition) is 0. The van der Waals surface area contributed by atoms with E-state index in [-0.39, 0.29) is 0 Å². The van der Waals surface area contributed by atoms with Crippen LogP contribution in [-0.4, -0.2) is 8.07 Å². The quantitative estimate of drug-likeness (QED) is 0.160. The van der Waals surface area contributed by atoms with E-state index >= 15 is 0 Å². The Hall–Kier alpha value is -7.17. The number of benzene rings is 10. The minimum atomic E-state index is -2.76. The second-order valence-corrected chi connectivity index (χ2v) is 21.8. The van der Waals surface area contributed by atoms with Crippen molar-refractivity contribution in [3.63, 3.8) is 0 Å². The highest BCUT2D eigenvalue weighted by Crippen LogP contribution is 2.63. The van der Waals surface area contributed by atoms with Gasteiger partial charge in [0.2, 0.25) is 0 Å². The average molecular weight is 820 g/mol. The summed E-state index contributed by atoms with van der Waals surface area (Å²) < 4.78 is 0. The Kier molecular flexibility index (Phi) is 7.06. The molecule has 1 nitrogen and oxygen atoms in total. The Morgan fingerprint density at radius 3 is 1.74 bits per heavy atom. The summed E-state index contributed by atoms with van der Waals surface area (Å²) >= 11 is 1.90. The summed E-state index contributed by atoms with van der Waals surface area (Å²) in [6.07, 6.45) is 0. The van der Waals surface area contributed by atoms with Crippen molar-refractivity contribution in [2.75, 3.05) is 4.90 Å². The number of hydrogen-bond acceptors (Lipinski definition) is 2. The van der Waals surface area contributed by atoms with Gasteiger partial charge in [0.15, 0.2) is 8.07 Å². The van der Waals surface area contributed by atoms with Crippen LogP contribution in [0.1, 0.15) is 22.3 Å². The van der Waals surface area contributed by atoms with Crippen molar-refractivity contribution < 1.29 is 0 Å². The average Bonchev–Trinajstić information content (AvgIpc) is 3.81. The summed E-state index contributed by atoms with van der Waals surface area (Å²) in [4.78, 5) is 5.20. The van der Waals surface area contributed by atoms with E-state index < -0.39 is 13.5 Å². The summed E-state index contributed by atoms with van der Waals surface area (Å²) in [7, 11) is -2.76. The molecule has 3 heteroatoms. The van der Waals surface area contributed by atoms with Gasteiger partial charge in [0.25, 0.3) is 0 Å². The van der Waals surface area contributed by atoms with Gasteiger partial charge >= 0.3 is 0 Å². The van der Waals surface area contributed by atoms with Crippen LogP contribution in [0.3, 0.4) is 0 Å². The third-order valence-corrected chi connectivity index (χ3v) is 20.4. The molecule has 0 fully saturated rings. The Labute approximate surface area is 366 Å². The lowest BCUT2D eigenvalue weighted by Gasteiger charge is -2.49. The monoisotopic (exact) mass is 819 g/mol. The van der Waals surface area contributed by atoms with E-state index in [1.807, 2.05) is 11.8 Å². The Bertz CT molecular complexity index is 3440. The van der Waals surface area contributed by atoms with Gasteiger partial charge in [-0.2, -0.15) is 0 Å². The molecule has 10 aromatic rings. The molecule has 0 radical (unpaired) electrons. The minimum Gasteiger partial charge on any atom is -0.310 e. The van der Waals surface area contributed by atoms with Crippen LogP contribution in [0.25, 0.3) is 44.2 Å². The largest absolute Gasteiger partial charge is 0.310 e. The van der Waals surface area contributed by atoms with Crippen molar-refractivity contribution in [1.29, 1.82) is 0 Å². The van der Waals surface area contributed by atoms with Crippen molar-refractivity contribution in [2.24, 2.45) is 0 Å². The van der Waals surface area contributed by atoms with Crippen LogP contribution < -0.4 is 25.6 Å². The predicted molar refractivity (Wildman–Crippen MR) is 262 cm³/mol. The minimum absolute atomic E-state index is 0.545. The van der Waals surface area contributed by atoms with Crippen molar-refractivity contribution in [3.05, 3.63) is 247 Å². The number of nitrogens with zero attached hydrogens (tertiary/aromatic N) is 1. The molecular weight excluding hydrogens is 783 g/mol. The zero-order valence-corrected chi connectivity index (χ0v) is 35.5. The Balaban J connectivity index is 1.10. The summed E-state index contributed by atoms with van der Waals surface area (Å²) in [5, 5.41) is 8.58. The van der Waals surface area contributed by atoms with E-state index in [1.165, 1.54) is 114 Å². The second kappa shape index (κ2) is 12.7. The molecule has 0 saturated carbocycles. The number of rotatable bonds is 2. The molecule has 4 aliphatic heterocycles. The van der Waals surface area contributed by atoms with E-state index in [0.717, 1.165) is 0 Å². The molecule has 0 atom stereocenters. The maximum absolute atomic E-state index is 2.76. The number of para-hydroxylation sites is 1. The van der Waals surface area contributed by atoms with Gasteiger partial charge < -0.3 is 4.90 Å². The predicted octanol–water partition coefficient (Wildman–Crippen LogP) is 12.5. The fourth-order valence-electron chi connectivity index (χ4n) is 12.0. The smallest absolute Gasteiger partial charge is 0.182 e. The highest BCUT2D eigenvalue weighted by Gasteiger charge is 2.55. The van der Waals surface area contributed by atoms with E-state index in [2.05, 4.69) is 229 Å². The van der Waals surface area contributed by atoms with Crippen LogP contribution in [0, 0.1) is 0 Å². The molecule has 4 aliphatic rings. The fraction of sp³-hybridized carbons (Fsp3) is 0.0169. The SMILES string of the molecule is c1ccc(-c2ccc3c(c2)C2(c4ccccc4Sc4ccccc42)c2ccccc2N3c2ccc3c(c2)[Si]2(c4ccccc4-c4ccccc42)c2ccc4ccccc4c2-3)cc1. The molecule has 0 unspecified atom stereocenters. The van der Waals surface area contributed by atoms with Gasteiger partial charge in [0, 0.05) is 15.5 Å². The molecule has 0 saturated heterocycles. The molecule has 10 aromatic carbocycles. The standard InChI is InChI=1S/C59H37NSSi/c1-2-16-38(17-3-1)40-30-34-51-49(36-40)59(47-23-9-12-26-52(47)61-53-27-13-10-24-48(53)59)46-22-8-11-25-50(46)60(51)41-32-33-45-57(37-41)62(56-35-31-39-18-4-5-19-42(39)58(45)56)54-28-14-6-20-43(54)44-21-7-15-29-55(44)62/h1-37H. The molecule has 14 rings (SSSR count). The first-order chi connectivity index (χ1) is 30.8. The van der Waals surface area contributed by atoms with Crippen LogP contribution in [0.2, 0.25) is 0 Å². The molecular formula is C59H37NSSi. The van der Waals surface area contributed by atoms with Gasteiger partial charge in [-0.15, -0.1) is 0 Å². The maximum atomic E-state index is 2.61. The van der Waals surface area contributed by atoms with Gasteiger partial charge in [-0.3, -0.25) is 0 Å². The maximum Gasteiger partial charge on any atom is 0.182 e. The molecule has 0 aliphatic carbocycles. The van der Waals surface area contributed by atoms with Crippen LogP contribution in [-0.2, 0) is 5.41 Å². The topological polar surface area (TPSA) is 3.24 Å². The van der Waals surface area contributed by atoms with Crippen LogP contribution >= 0.6 is 11.8 Å². The van der Waals surface area contributed by atoms with Gasteiger partial charge in [-0.05, 0) is 130 Å². The molecule has 0 amide bonds. The lowest BCUT2D eigenvalue weighted by Crippen LogP contribution is -2.70. The van der Waals surface area contributed by atoms with Gasteiger partial charge in [-0.1, -0.05) is 194 Å². The molecule has 62 heavy (non-hydrogen) atoms. The van der Waals surface area contributed by atoms with Crippen LogP contribution in [0.4, 0.5) is 17.1 Å². The Morgan fingerprint density at radius 2 is 0.984 bits per heavy atom.